The molecule has 0 spiro atoms. The van der Waals surface area contributed by atoms with Crippen LogP contribution < -0.4 is 9.97 Å². The molecular formula is C32H16CoN8O12S4. The van der Waals surface area contributed by atoms with Crippen LogP contribution in [0.1, 0.15) is 5.71 Å². The van der Waals surface area contributed by atoms with E-state index in [0.717, 1.165) is 48.5 Å². The fourth-order valence-electron chi connectivity index (χ4n) is 6.20. The van der Waals surface area contributed by atoms with E-state index in [1.807, 2.05) is 0 Å². The molecule has 0 unspecified atom stereocenters. The van der Waals surface area contributed by atoms with Gasteiger partial charge < -0.3 is 43.1 Å². The van der Waals surface area contributed by atoms with Gasteiger partial charge in [0.05, 0.1) is 31.2 Å². The molecule has 2 aliphatic heterocycles. The van der Waals surface area contributed by atoms with Crippen LogP contribution in [0, 0.1) is 0 Å². The Balaban J connectivity index is 0.00000164. The summed E-state index contributed by atoms with van der Waals surface area (Å²) in [6.07, 6.45) is 0. The molecule has 5 heterocycles. The Morgan fingerprint density at radius 3 is 1.09 bits per heavy atom. The molecule has 20 nitrogen and oxygen atoms in total. The predicted molar refractivity (Wildman–Crippen MR) is 190 cm³/mol. The monoisotopic (exact) mass is 891 g/mol. The van der Waals surface area contributed by atoms with Crippen molar-refractivity contribution in [2.75, 3.05) is 0 Å². The van der Waals surface area contributed by atoms with E-state index in [2.05, 4.69) is 39.9 Å². The van der Waals surface area contributed by atoms with Crippen molar-refractivity contribution in [3.63, 3.8) is 0 Å². The van der Waals surface area contributed by atoms with Gasteiger partial charge in [-0.2, -0.15) is 0 Å². The molecule has 0 atom stereocenters. The predicted octanol–water partition coefficient (Wildman–Crippen LogP) is 2.19. The first-order valence-electron chi connectivity index (χ1n) is 15.3. The Bertz CT molecular complexity index is 3640. The summed E-state index contributed by atoms with van der Waals surface area (Å²) in [7, 11) is -20.1. The second-order valence-electron chi connectivity index (χ2n) is 12.1. The van der Waals surface area contributed by atoms with Crippen LogP contribution in [0.25, 0.3) is 89.7 Å². The van der Waals surface area contributed by atoms with Crippen LogP contribution in [-0.2, 0) is 57.3 Å². The molecule has 2 aliphatic rings. The third-order valence-electron chi connectivity index (χ3n) is 8.74. The van der Waals surface area contributed by atoms with E-state index in [0.29, 0.717) is 0 Å². The topological polar surface area (TPSA) is 334 Å². The van der Waals surface area contributed by atoms with Gasteiger partial charge in [-0.1, -0.05) is 18.2 Å². The second-order valence-corrected chi connectivity index (χ2v) is 17.6. The van der Waals surface area contributed by atoms with Crippen molar-refractivity contribution < 1.29 is 74.4 Å². The van der Waals surface area contributed by atoms with Gasteiger partial charge in [0.15, 0.2) is 11.6 Å². The van der Waals surface area contributed by atoms with E-state index in [1.165, 1.54) is 24.3 Å². The summed E-state index contributed by atoms with van der Waals surface area (Å²) in [6, 6.07) is 12.8. The van der Waals surface area contributed by atoms with Crippen molar-refractivity contribution in [3.05, 3.63) is 72.8 Å². The molecule has 0 amide bonds. The third kappa shape index (κ3) is 6.53. The molecule has 0 fully saturated rings. The van der Waals surface area contributed by atoms with Crippen LogP contribution in [-0.4, -0.2) is 81.8 Å². The molecule has 0 saturated carbocycles. The maximum absolute atomic E-state index is 12.0. The number of hydrogen-bond acceptors (Lipinski definition) is 18. The molecule has 1 radical (unpaired) electrons. The van der Waals surface area contributed by atoms with E-state index in [9.17, 15) is 51.9 Å². The smallest absolute Gasteiger partial charge is 0.744 e. The Morgan fingerprint density at radius 1 is 0.368 bits per heavy atom. The zero-order chi connectivity index (χ0) is 39.7. The molecule has 7 aromatic rings. The van der Waals surface area contributed by atoms with Gasteiger partial charge in [-0.15, -0.1) is 0 Å². The largest absolute Gasteiger partial charge is 2.00 e. The number of aromatic nitrogens is 8. The SMILES string of the molecule is O=S(=O)([O-])c1ccc2c(c1)-c1nc3nc(nc4[n-]c(nc5[n-]c(nc-2n1)c1cc(S(=O)(=O)[O-])ccc51)c1cc(S(=O)(=O)[O-])ccc41)-c1cc(S(=O)(=O)[O-])ccc1-3.[Co+2].[H+].[H+].[H+].[H+]. The van der Waals surface area contributed by atoms with Gasteiger partial charge in [0.1, 0.15) is 40.5 Å². The molecule has 0 aliphatic carbocycles. The van der Waals surface area contributed by atoms with E-state index < -0.39 is 60.1 Å². The standard InChI is InChI=1S/C32H16N8O12S4.Co/c41-53(42,43)13-1-5-17-21(9-13)29-33-25(17)37-30-22-10-14(54(44,45)46)2-6-18(22)27(34-30)39-32-24-12-16(56(50,51)52)4-8-20(24)28(36-32)40-31-23-11-15(55(47,48)49)3-7-19(23)26(35-31)38-29;/h1-12H,(H4-2,33,34,35,36,37,38,39,40,41,42,43,44,45,46,47,48,49,50,51,52);/q-2;+2. The molecular weight excluding hydrogens is 876 g/mol. The number of nitrogens with zero attached hydrogens (tertiary/aromatic N) is 8. The van der Waals surface area contributed by atoms with E-state index >= 15 is 0 Å². The zero-order valence-corrected chi connectivity index (χ0v) is 31.7. The minimum Gasteiger partial charge on any atom is -0.744 e. The minimum absolute atomic E-state index is 0. The normalized spacial score (nSPS) is 13.0. The number of benzene rings is 4. The van der Waals surface area contributed by atoms with Gasteiger partial charge in [0.2, 0.25) is 0 Å². The average Bonchev–Trinajstić information content (AvgIpc) is 3.84. The van der Waals surface area contributed by atoms with Crippen molar-refractivity contribution in [1.29, 1.82) is 0 Å². The van der Waals surface area contributed by atoms with Crippen molar-refractivity contribution in [2.45, 2.75) is 19.6 Å². The van der Waals surface area contributed by atoms with Crippen molar-refractivity contribution in [1.82, 2.24) is 39.9 Å². The van der Waals surface area contributed by atoms with Gasteiger partial charge in [-0.3, -0.25) is 0 Å². The number of hydrogen-bond donors (Lipinski definition) is 0. The summed E-state index contributed by atoms with van der Waals surface area (Å²) in [4.78, 5) is 33.2. The van der Waals surface area contributed by atoms with Crippen molar-refractivity contribution >= 4 is 84.6 Å². The Kier molecular flexibility index (Phi) is 8.52. The van der Waals surface area contributed by atoms with Crippen LogP contribution in [0.5, 0.6) is 0 Å². The summed E-state index contributed by atoms with van der Waals surface area (Å²) >= 11 is 0. The fourth-order valence-corrected chi connectivity index (χ4v) is 8.19. The van der Waals surface area contributed by atoms with Crippen LogP contribution in [0.3, 0.4) is 0 Å². The van der Waals surface area contributed by atoms with Gasteiger partial charge in [-0.05, 0) is 76.1 Å². The van der Waals surface area contributed by atoms with Crippen LogP contribution >= 0.6 is 0 Å². The Labute approximate surface area is 335 Å². The first-order valence-corrected chi connectivity index (χ1v) is 21.0. The Hall–Kier alpha value is -5.61. The molecule has 25 heteroatoms. The molecule has 0 N–H and O–H groups in total. The zero-order valence-electron chi connectivity index (χ0n) is 31.4. The summed E-state index contributed by atoms with van der Waals surface area (Å²) in [5.74, 6) is -0.882. The maximum Gasteiger partial charge on any atom is 2.00 e. The third-order valence-corrected chi connectivity index (χ3v) is 12.1. The summed E-state index contributed by atoms with van der Waals surface area (Å²) in [6.45, 7) is 0. The van der Waals surface area contributed by atoms with E-state index in [4.69, 9.17) is 0 Å². The second kappa shape index (κ2) is 12.7. The van der Waals surface area contributed by atoms with Gasteiger partial charge in [0, 0.05) is 44.8 Å². The van der Waals surface area contributed by atoms with Crippen LogP contribution in [0.4, 0.5) is 0 Å². The molecule has 8 bridgehead atoms. The molecule has 9 rings (SSSR count). The van der Waals surface area contributed by atoms with E-state index in [-0.39, 0.29) is 112 Å². The quantitative estimate of drug-likeness (QED) is 0.228. The van der Waals surface area contributed by atoms with Crippen LogP contribution in [0.2, 0.25) is 0 Å². The summed E-state index contributed by atoms with van der Waals surface area (Å²) in [5.41, 5.74) is -0.712. The number of rotatable bonds is 4. The summed E-state index contributed by atoms with van der Waals surface area (Å²) in [5, 5.41) is 0.169. The fraction of sp³-hybridized carbons (Fsp3) is 0. The molecule has 3 aromatic heterocycles. The van der Waals surface area contributed by atoms with E-state index in [1.54, 1.807) is 0 Å². The first kappa shape index (κ1) is 38.3. The minimum atomic E-state index is -5.02. The molecule has 289 valence electrons. The van der Waals surface area contributed by atoms with Gasteiger partial charge in [0.25, 0.3) is 0 Å². The van der Waals surface area contributed by atoms with Crippen molar-refractivity contribution in [2.24, 2.45) is 0 Å². The van der Waals surface area contributed by atoms with Gasteiger partial charge >= 0.3 is 22.5 Å². The van der Waals surface area contributed by atoms with Gasteiger partial charge in [-0.25, -0.2) is 48.6 Å². The Morgan fingerprint density at radius 2 is 0.667 bits per heavy atom. The molecule has 0 saturated heterocycles. The molecule has 57 heavy (non-hydrogen) atoms. The summed E-state index contributed by atoms with van der Waals surface area (Å²) < 4.78 is 145. The average molecular weight is 892 g/mol. The molecule has 4 aromatic carbocycles. The maximum atomic E-state index is 12.0. The number of fused-ring (bicyclic) bond motifs is 20. The van der Waals surface area contributed by atoms with Crippen LogP contribution in [0.15, 0.2) is 92.4 Å². The van der Waals surface area contributed by atoms with Crippen molar-refractivity contribution in [3.8, 4) is 45.6 Å². The first-order chi connectivity index (χ1) is 26.2.